The molecule has 0 aliphatic carbocycles. The van der Waals surface area contributed by atoms with Crippen molar-refractivity contribution >= 4 is 0 Å². The summed E-state index contributed by atoms with van der Waals surface area (Å²) < 4.78 is 4.83. The Balaban J connectivity index is 0.00000112. The molecule has 0 aliphatic heterocycles. The Bertz CT molecular complexity index is 489. The number of hydrogen-bond acceptors (Lipinski definition) is 2. The summed E-state index contributed by atoms with van der Waals surface area (Å²) in [6.07, 6.45) is 1.41. The minimum Gasteiger partial charge on any atom is -0.431 e. The van der Waals surface area contributed by atoms with Crippen LogP contribution in [-0.2, 0) is 32.7 Å². The first kappa shape index (κ1) is 15.3. The van der Waals surface area contributed by atoms with Crippen LogP contribution >= 0.6 is 0 Å². The van der Waals surface area contributed by atoms with Gasteiger partial charge in [0, 0.05) is 38.3 Å². The van der Waals surface area contributed by atoms with Crippen LogP contribution in [0.2, 0.25) is 0 Å². The minimum absolute atomic E-state index is 0. The first-order chi connectivity index (χ1) is 6.79. The van der Waals surface area contributed by atoms with E-state index >= 15 is 0 Å². The van der Waals surface area contributed by atoms with Crippen LogP contribution in [-0.4, -0.2) is 0 Å². The second-order valence-corrected chi connectivity index (χ2v) is 3.05. The molecule has 0 fully saturated rings. The van der Waals surface area contributed by atoms with Gasteiger partial charge in [-0.05, 0) is 18.6 Å². The van der Waals surface area contributed by atoms with E-state index in [2.05, 4.69) is 6.07 Å². The Morgan fingerprint density at radius 3 is 2.38 bits per heavy atom. The van der Waals surface area contributed by atoms with E-state index in [1.807, 2.05) is 19.1 Å². The quantitative estimate of drug-likeness (QED) is 0.756. The third kappa shape index (κ3) is 3.13. The number of benzene rings is 1. The van der Waals surface area contributed by atoms with E-state index in [9.17, 15) is 4.79 Å². The van der Waals surface area contributed by atoms with Crippen LogP contribution in [0.5, 0.6) is 0 Å². The summed E-state index contributed by atoms with van der Waals surface area (Å²) in [6, 6.07) is 11.9. The SMILES string of the molecule is Cc1ccoc(=O)c1-c1cc[c-]cc1.[CH3-].[Y]. The number of rotatable bonds is 1. The van der Waals surface area contributed by atoms with E-state index in [1.54, 1.807) is 18.2 Å². The molecule has 1 heterocycles. The average Bonchev–Trinajstić information content (AvgIpc) is 2.19. The van der Waals surface area contributed by atoms with Crippen LogP contribution in [0.25, 0.3) is 11.1 Å². The van der Waals surface area contributed by atoms with E-state index in [0.717, 1.165) is 11.1 Å². The van der Waals surface area contributed by atoms with Crippen molar-refractivity contribution < 1.29 is 37.1 Å². The normalized spacial score (nSPS) is 8.81. The minimum atomic E-state index is -0.295. The monoisotopic (exact) mass is 289 g/mol. The van der Waals surface area contributed by atoms with Gasteiger partial charge in [0.1, 0.15) is 0 Å². The van der Waals surface area contributed by atoms with Crippen molar-refractivity contribution in [2.45, 2.75) is 6.92 Å². The summed E-state index contributed by atoms with van der Waals surface area (Å²) in [4.78, 5) is 11.5. The number of aryl methyl sites for hydroxylation is 1. The van der Waals surface area contributed by atoms with Gasteiger partial charge in [-0.2, -0.15) is 30.3 Å². The summed E-state index contributed by atoms with van der Waals surface area (Å²) >= 11 is 0. The number of hydrogen-bond donors (Lipinski definition) is 0. The summed E-state index contributed by atoms with van der Waals surface area (Å²) in [7, 11) is 0. The zero-order valence-corrected chi connectivity index (χ0v) is 12.2. The maximum Gasteiger partial charge on any atom is 0.341 e. The van der Waals surface area contributed by atoms with Gasteiger partial charge in [0.15, 0.2) is 0 Å². The molecule has 3 heteroatoms. The van der Waals surface area contributed by atoms with Crippen molar-refractivity contribution in [1.29, 1.82) is 0 Å². The fraction of sp³-hybridized carbons (Fsp3) is 0.0769. The van der Waals surface area contributed by atoms with Crippen LogP contribution in [0.3, 0.4) is 0 Å². The predicted molar refractivity (Wildman–Crippen MR) is 60.4 cm³/mol. The molecule has 0 saturated carbocycles. The summed E-state index contributed by atoms with van der Waals surface area (Å²) in [5.41, 5.74) is 2.13. The van der Waals surface area contributed by atoms with E-state index in [4.69, 9.17) is 4.42 Å². The third-order valence-corrected chi connectivity index (χ3v) is 2.10. The smallest absolute Gasteiger partial charge is 0.341 e. The molecule has 2 rings (SSSR count). The van der Waals surface area contributed by atoms with E-state index in [0.29, 0.717) is 5.56 Å². The molecule has 16 heavy (non-hydrogen) atoms. The fourth-order valence-corrected chi connectivity index (χ4v) is 1.40. The Morgan fingerprint density at radius 1 is 1.19 bits per heavy atom. The molecule has 0 bridgehead atoms. The van der Waals surface area contributed by atoms with Crippen molar-refractivity contribution in [1.82, 2.24) is 0 Å². The van der Waals surface area contributed by atoms with Crippen molar-refractivity contribution in [2.24, 2.45) is 0 Å². The van der Waals surface area contributed by atoms with E-state index in [-0.39, 0.29) is 45.8 Å². The van der Waals surface area contributed by atoms with E-state index < -0.39 is 0 Å². The molecule has 1 aromatic heterocycles. The summed E-state index contributed by atoms with van der Waals surface area (Å²) in [6.45, 7) is 1.89. The maximum absolute atomic E-state index is 11.5. The molecule has 0 unspecified atom stereocenters. The maximum atomic E-state index is 11.5. The molecular weight excluding hydrogens is 277 g/mol. The molecule has 1 aromatic carbocycles. The zero-order chi connectivity index (χ0) is 9.97. The van der Waals surface area contributed by atoms with Crippen molar-refractivity contribution in [3.05, 3.63) is 66.1 Å². The molecule has 0 N–H and O–H groups in total. The molecular formula is C13H12O2Y-2. The van der Waals surface area contributed by atoms with Crippen LogP contribution in [0.1, 0.15) is 5.56 Å². The molecule has 2 aromatic rings. The van der Waals surface area contributed by atoms with Crippen LogP contribution < -0.4 is 5.63 Å². The molecule has 0 amide bonds. The summed E-state index contributed by atoms with van der Waals surface area (Å²) in [5.74, 6) is 0. The Kier molecular flexibility index (Phi) is 6.46. The Hall–Kier alpha value is -0.726. The van der Waals surface area contributed by atoms with Gasteiger partial charge in [-0.1, -0.05) is 0 Å². The molecule has 0 spiro atoms. The van der Waals surface area contributed by atoms with Gasteiger partial charge in [0.25, 0.3) is 0 Å². The summed E-state index contributed by atoms with van der Waals surface area (Å²) in [5, 5.41) is 0. The molecule has 0 saturated heterocycles. The standard InChI is InChI=1S/C12H9O2.CH3.Y/c1-9-7-8-14-12(13)11(9)10-5-3-2-4-6-10;;/h3-8H,1H3;1H3;/q2*-1;. The van der Waals surface area contributed by atoms with Crippen LogP contribution in [0.15, 0.2) is 45.8 Å². The topological polar surface area (TPSA) is 30.2 Å². The molecule has 81 valence electrons. The van der Waals surface area contributed by atoms with Gasteiger partial charge in [-0.25, -0.2) is 4.79 Å². The predicted octanol–water partition coefficient (Wildman–Crippen LogP) is 2.86. The Morgan fingerprint density at radius 2 is 1.81 bits per heavy atom. The molecule has 0 aliphatic rings. The largest absolute Gasteiger partial charge is 0.431 e. The second kappa shape index (κ2) is 6.77. The van der Waals surface area contributed by atoms with Crippen LogP contribution in [0.4, 0.5) is 0 Å². The fourth-order valence-electron chi connectivity index (χ4n) is 1.40. The molecule has 1 radical (unpaired) electrons. The van der Waals surface area contributed by atoms with Crippen LogP contribution in [0, 0.1) is 20.4 Å². The van der Waals surface area contributed by atoms with Gasteiger partial charge in [-0.15, -0.1) is 5.56 Å². The first-order valence-corrected chi connectivity index (χ1v) is 4.34. The molecule has 0 atom stereocenters. The van der Waals surface area contributed by atoms with Gasteiger partial charge < -0.3 is 11.8 Å². The van der Waals surface area contributed by atoms with Gasteiger partial charge >= 0.3 is 5.63 Å². The second-order valence-electron chi connectivity index (χ2n) is 3.05. The van der Waals surface area contributed by atoms with Gasteiger partial charge in [-0.3, -0.25) is 0 Å². The Labute approximate surface area is 121 Å². The zero-order valence-electron chi connectivity index (χ0n) is 9.36. The van der Waals surface area contributed by atoms with E-state index in [1.165, 1.54) is 6.26 Å². The third-order valence-electron chi connectivity index (χ3n) is 2.10. The molecule has 2 nitrogen and oxygen atoms in total. The average molecular weight is 289 g/mol. The van der Waals surface area contributed by atoms with Crippen molar-refractivity contribution in [3.8, 4) is 11.1 Å². The van der Waals surface area contributed by atoms with Gasteiger partial charge in [0.2, 0.25) is 0 Å². The van der Waals surface area contributed by atoms with Crippen molar-refractivity contribution in [2.75, 3.05) is 0 Å². The first-order valence-electron chi connectivity index (χ1n) is 4.34. The van der Waals surface area contributed by atoms with Gasteiger partial charge in [0.05, 0.1) is 6.26 Å². The van der Waals surface area contributed by atoms with Crippen molar-refractivity contribution in [3.63, 3.8) is 0 Å².